The van der Waals surface area contributed by atoms with Gasteiger partial charge in [0.05, 0.1) is 12.7 Å². The molecular weight excluding hydrogens is 416 g/mol. The lowest BCUT2D eigenvalue weighted by molar-refractivity contribution is -0.112. The second-order valence-corrected chi connectivity index (χ2v) is 7.22. The monoisotopic (exact) mass is 434 g/mol. The molecule has 2 aromatic carbocycles. The largest absolute Gasteiger partial charge is 0.465 e. The van der Waals surface area contributed by atoms with Crippen molar-refractivity contribution in [1.82, 2.24) is 0 Å². The minimum atomic E-state index is -0.579. The van der Waals surface area contributed by atoms with E-state index in [1.807, 2.05) is 19.9 Å². The summed E-state index contributed by atoms with van der Waals surface area (Å²) in [6.45, 7) is 3.74. The van der Waals surface area contributed by atoms with Crippen molar-refractivity contribution in [1.29, 1.82) is 5.26 Å². The lowest BCUT2D eigenvalue weighted by atomic mass is 10.0. The van der Waals surface area contributed by atoms with E-state index in [0.717, 1.165) is 11.1 Å². The van der Waals surface area contributed by atoms with Crippen molar-refractivity contribution in [2.24, 2.45) is 0 Å². The van der Waals surface area contributed by atoms with E-state index < -0.39 is 11.9 Å². The van der Waals surface area contributed by atoms with Gasteiger partial charge in [0, 0.05) is 22.3 Å². The Morgan fingerprint density at radius 2 is 1.84 bits per heavy atom. The molecule has 1 amide bonds. The van der Waals surface area contributed by atoms with Crippen LogP contribution in [0.5, 0.6) is 0 Å². The highest BCUT2D eigenvalue weighted by Gasteiger charge is 2.14. The van der Waals surface area contributed by atoms with E-state index >= 15 is 0 Å². The Balaban J connectivity index is 1.85. The van der Waals surface area contributed by atoms with Gasteiger partial charge in [0.15, 0.2) is 0 Å². The molecule has 7 heteroatoms. The van der Waals surface area contributed by atoms with Gasteiger partial charge in [-0.3, -0.25) is 4.79 Å². The summed E-state index contributed by atoms with van der Waals surface area (Å²) in [6.07, 6.45) is 1.36. The number of nitrogens with one attached hydrogen (secondary N) is 1. The highest BCUT2D eigenvalue weighted by atomic mass is 35.5. The fourth-order valence-electron chi connectivity index (χ4n) is 2.87. The Bertz CT molecular complexity index is 1230. The normalized spacial score (nSPS) is 11.0. The molecule has 0 bridgehead atoms. The number of halogens is 1. The zero-order valence-electron chi connectivity index (χ0n) is 17.2. The number of ether oxygens (including phenoxy) is 1. The molecule has 0 spiro atoms. The van der Waals surface area contributed by atoms with Crippen molar-refractivity contribution in [2.45, 2.75) is 13.8 Å². The molecule has 1 N–H and O–H groups in total. The van der Waals surface area contributed by atoms with E-state index in [0.29, 0.717) is 33.4 Å². The lowest BCUT2D eigenvalue weighted by Crippen LogP contribution is -2.13. The molecule has 0 unspecified atom stereocenters. The second-order valence-electron chi connectivity index (χ2n) is 6.81. The molecule has 1 aromatic heterocycles. The van der Waals surface area contributed by atoms with Crippen LogP contribution in [0.25, 0.3) is 17.4 Å². The molecular formula is C24H19ClN2O4. The molecule has 156 valence electrons. The maximum Gasteiger partial charge on any atom is 0.337 e. The lowest BCUT2D eigenvalue weighted by Gasteiger charge is -2.06. The number of methoxy groups -OCH3 is 1. The minimum Gasteiger partial charge on any atom is -0.465 e. The van der Waals surface area contributed by atoms with Gasteiger partial charge in [-0.15, -0.1) is 0 Å². The summed E-state index contributed by atoms with van der Waals surface area (Å²) in [5, 5.41) is 12.6. The van der Waals surface area contributed by atoms with Crippen molar-refractivity contribution in [2.75, 3.05) is 12.4 Å². The maximum absolute atomic E-state index is 12.5. The summed E-state index contributed by atoms with van der Waals surface area (Å²) in [4.78, 5) is 24.3. The number of rotatable bonds is 5. The van der Waals surface area contributed by atoms with E-state index in [9.17, 15) is 14.9 Å². The van der Waals surface area contributed by atoms with Gasteiger partial charge in [0.2, 0.25) is 0 Å². The summed E-state index contributed by atoms with van der Waals surface area (Å²) in [7, 11) is 1.32. The second kappa shape index (κ2) is 9.33. The highest BCUT2D eigenvalue weighted by molar-refractivity contribution is 6.31. The van der Waals surface area contributed by atoms with Crippen LogP contribution in [0.4, 0.5) is 5.69 Å². The molecule has 0 radical (unpaired) electrons. The van der Waals surface area contributed by atoms with Crippen molar-refractivity contribution in [3.8, 4) is 17.4 Å². The van der Waals surface area contributed by atoms with Crippen LogP contribution in [0, 0.1) is 25.2 Å². The average Bonchev–Trinajstić information content (AvgIpc) is 3.22. The summed E-state index contributed by atoms with van der Waals surface area (Å²) < 4.78 is 10.6. The first-order valence-corrected chi connectivity index (χ1v) is 9.68. The van der Waals surface area contributed by atoms with Crippen LogP contribution in [-0.2, 0) is 9.53 Å². The molecule has 1 heterocycles. The molecule has 0 atom stereocenters. The quantitative estimate of drug-likeness (QED) is 0.323. The predicted molar refractivity (Wildman–Crippen MR) is 119 cm³/mol. The maximum atomic E-state index is 12.5. The van der Waals surface area contributed by atoms with Crippen molar-refractivity contribution >= 4 is 35.2 Å². The zero-order valence-corrected chi connectivity index (χ0v) is 17.9. The zero-order chi connectivity index (χ0) is 22.5. The third-order valence-electron chi connectivity index (χ3n) is 4.63. The van der Waals surface area contributed by atoms with Gasteiger partial charge < -0.3 is 14.5 Å². The van der Waals surface area contributed by atoms with Gasteiger partial charge in [0.1, 0.15) is 23.2 Å². The topological polar surface area (TPSA) is 92.3 Å². The summed E-state index contributed by atoms with van der Waals surface area (Å²) in [6, 6.07) is 15.5. The van der Waals surface area contributed by atoms with Gasteiger partial charge >= 0.3 is 5.97 Å². The fourth-order valence-corrected chi connectivity index (χ4v) is 3.05. The number of carbonyl (C=O) groups excluding carboxylic acids is 2. The summed E-state index contributed by atoms with van der Waals surface area (Å²) in [5.41, 5.74) is 3.23. The average molecular weight is 435 g/mol. The first-order valence-electron chi connectivity index (χ1n) is 9.31. The fraction of sp³-hybridized carbons (Fsp3) is 0.125. The van der Waals surface area contributed by atoms with Crippen LogP contribution < -0.4 is 5.32 Å². The molecule has 3 rings (SSSR count). The Morgan fingerprint density at radius 1 is 1.10 bits per heavy atom. The van der Waals surface area contributed by atoms with E-state index in [2.05, 4.69) is 5.32 Å². The van der Waals surface area contributed by atoms with E-state index in [1.165, 1.54) is 13.2 Å². The van der Waals surface area contributed by atoms with Crippen LogP contribution in [0.1, 0.15) is 27.2 Å². The number of benzene rings is 2. The van der Waals surface area contributed by atoms with Gasteiger partial charge in [-0.05, 0) is 61.4 Å². The Hall–Kier alpha value is -3.82. The van der Waals surface area contributed by atoms with Gasteiger partial charge in [0.25, 0.3) is 5.91 Å². The first-order chi connectivity index (χ1) is 14.8. The SMILES string of the molecule is COC(=O)c1ccc(C)c(-c2ccc(/C=C(/C#N)C(=O)Nc3ccc(C)c(Cl)c3)o2)c1. The third-order valence-corrected chi connectivity index (χ3v) is 5.04. The molecule has 31 heavy (non-hydrogen) atoms. The molecule has 6 nitrogen and oxygen atoms in total. The minimum absolute atomic E-state index is 0.127. The molecule has 0 aliphatic rings. The highest BCUT2D eigenvalue weighted by Crippen LogP contribution is 2.28. The van der Waals surface area contributed by atoms with Gasteiger partial charge in [-0.2, -0.15) is 5.26 Å². The number of anilines is 1. The number of nitrogens with zero attached hydrogens (tertiary/aromatic N) is 1. The number of furan rings is 1. The molecule has 0 saturated heterocycles. The van der Waals surface area contributed by atoms with Crippen LogP contribution >= 0.6 is 11.6 Å². The Kier molecular flexibility index (Phi) is 6.58. The summed E-state index contributed by atoms with van der Waals surface area (Å²) >= 11 is 6.08. The number of aryl methyl sites for hydroxylation is 2. The number of carbonyl (C=O) groups is 2. The number of hydrogen-bond donors (Lipinski definition) is 1. The molecule has 0 aliphatic heterocycles. The smallest absolute Gasteiger partial charge is 0.337 e. The van der Waals surface area contributed by atoms with Crippen LogP contribution in [0.3, 0.4) is 0 Å². The van der Waals surface area contributed by atoms with E-state index in [4.69, 9.17) is 20.8 Å². The number of amides is 1. The van der Waals surface area contributed by atoms with Crippen LogP contribution in [-0.4, -0.2) is 19.0 Å². The predicted octanol–water partition coefficient (Wildman–Crippen LogP) is 5.55. The van der Waals surface area contributed by atoms with Crippen molar-refractivity contribution in [3.05, 3.63) is 81.6 Å². The Labute approximate surface area is 184 Å². The van der Waals surface area contributed by atoms with Crippen LogP contribution in [0.2, 0.25) is 5.02 Å². The van der Waals surface area contributed by atoms with Gasteiger partial charge in [-0.1, -0.05) is 23.7 Å². The van der Waals surface area contributed by atoms with E-state index in [1.54, 1.807) is 48.5 Å². The van der Waals surface area contributed by atoms with Crippen molar-refractivity contribution < 1.29 is 18.7 Å². The third kappa shape index (κ3) is 5.03. The van der Waals surface area contributed by atoms with Crippen LogP contribution in [0.15, 0.2) is 58.5 Å². The van der Waals surface area contributed by atoms with Gasteiger partial charge in [-0.25, -0.2) is 4.79 Å². The number of esters is 1. The molecule has 0 aliphatic carbocycles. The number of nitriles is 1. The molecule has 0 fully saturated rings. The number of hydrogen-bond acceptors (Lipinski definition) is 5. The van der Waals surface area contributed by atoms with E-state index in [-0.39, 0.29) is 5.57 Å². The molecule has 3 aromatic rings. The first kappa shape index (κ1) is 21.9. The molecule has 0 saturated carbocycles. The Morgan fingerprint density at radius 3 is 2.52 bits per heavy atom. The standard InChI is InChI=1S/C24H19ClN2O4/c1-14-4-6-16(24(29)30-3)11-20(14)22-9-8-19(31-22)10-17(13-26)23(28)27-18-7-5-15(2)21(25)12-18/h4-12H,1-3H3,(H,27,28)/b17-10-. The van der Waals surface area contributed by atoms with Crippen molar-refractivity contribution in [3.63, 3.8) is 0 Å². The summed E-state index contributed by atoms with van der Waals surface area (Å²) in [5.74, 6) is -0.208.